The second-order valence-electron chi connectivity index (χ2n) is 7.03. The first-order chi connectivity index (χ1) is 13.7. The molecule has 6 nitrogen and oxygen atoms in total. The molecule has 1 saturated carbocycles. The highest BCUT2D eigenvalue weighted by molar-refractivity contribution is 7.21. The number of carbonyl (C=O) groups is 2. The number of carbonyl (C=O) groups excluding carboxylic acids is 2. The highest BCUT2D eigenvalue weighted by atomic mass is 32.1. The Hall–Kier alpha value is -2.67. The van der Waals surface area contributed by atoms with Crippen LogP contribution in [0.25, 0.3) is 21.0 Å². The monoisotopic (exact) mass is 398 g/mol. The number of benzene rings is 1. The molecule has 0 spiro atoms. The third-order valence-corrected chi connectivity index (χ3v) is 6.01. The average Bonchev–Trinajstić information content (AvgIpc) is 3.38. The number of fused-ring (bicyclic) bond motifs is 1. The summed E-state index contributed by atoms with van der Waals surface area (Å²) in [6.45, 7) is 0.349. The van der Waals surface area contributed by atoms with Gasteiger partial charge in [-0.1, -0.05) is 31.4 Å². The number of hydrogen-bond acceptors (Lipinski definition) is 6. The second-order valence-corrected chi connectivity index (χ2v) is 8.07. The SMILES string of the molecule is O=C(COC(=O)c1ccc(-c2nc3ccccc3s2)o1)NCC1CCCCC1. The fourth-order valence-electron chi connectivity index (χ4n) is 3.44. The fourth-order valence-corrected chi connectivity index (χ4v) is 4.37. The van der Waals surface area contributed by atoms with E-state index in [-0.39, 0.29) is 18.3 Å². The van der Waals surface area contributed by atoms with Crippen LogP contribution in [0.2, 0.25) is 0 Å². The third kappa shape index (κ3) is 4.42. The van der Waals surface area contributed by atoms with Crippen LogP contribution in [0.5, 0.6) is 0 Å². The van der Waals surface area contributed by atoms with Gasteiger partial charge in [0.2, 0.25) is 5.76 Å². The number of aromatic nitrogens is 1. The number of para-hydroxylation sites is 1. The Morgan fingerprint density at radius 3 is 2.79 bits per heavy atom. The Balaban J connectivity index is 1.29. The first-order valence-corrected chi connectivity index (χ1v) is 10.4. The quantitative estimate of drug-likeness (QED) is 0.622. The lowest BCUT2D eigenvalue weighted by atomic mass is 9.89. The largest absolute Gasteiger partial charge is 0.450 e. The first kappa shape index (κ1) is 18.7. The van der Waals surface area contributed by atoms with Gasteiger partial charge in [0.05, 0.1) is 10.2 Å². The molecule has 146 valence electrons. The van der Waals surface area contributed by atoms with Crippen molar-refractivity contribution in [2.75, 3.05) is 13.2 Å². The van der Waals surface area contributed by atoms with E-state index in [4.69, 9.17) is 9.15 Å². The van der Waals surface area contributed by atoms with E-state index in [1.165, 1.54) is 30.6 Å². The van der Waals surface area contributed by atoms with Crippen molar-refractivity contribution in [3.63, 3.8) is 0 Å². The van der Waals surface area contributed by atoms with Crippen molar-refractivity contribution < 1.29 is 18.7 Å². The number of ether oxygens (including phenoxy) is 1. The Morgan fingerprint density at radius 2 is 1.96 bits per heavy atom. The maximum atomic E-state index is 12.2. The van der Waals surface area contributed by atoms with Gasteiger partial charge in [0.25, 0.3) is 5.91 Å². The number of rotatable bonds is 6. The molecule has 1 N–H and O–H groups in total. The van der Waals surface area contributed by atoms with Gasteiger partial charge in [-0.05, 0) is 43.0 Å². The predicted molar refractivity (Wildman–Crippen MR) is 107 cm³/mol. The summed E-state index contributed by atoms with van der Waals surface area (Å²) < 4.78 is 11.7. The minimum Gasteiger partial charge on any atom is -0.450 e. The Morgan fingerprint density at radius 1 is 1.14 bits per heavy atom. The number of nitrogens with zero attached hydrogens (tertiary/aromatic N) is 1. The summed E-state index contributed by atoms with van der Waals surface area (Å²) in [7, 11) is 0. The summed E-state index contributed by atoms with van der Waals surface area (Å²) in [5.74, 6) is 0.177. The molecule has 1 fully saturated rings. The molecule has 2 heterocycles. The third-order valence-electron chi connectivity index (χ3n) is 4.96. The van der Waals surface area contributed by atoms with Crippen LogP contribution < -0.4 is 5.32 Å². The number of nitrogens with one attached hydrogen (secondary N) is 1. The zero-order valence-electron chi connectivity index (χ0n) is 15.5. The van der Waals surface area contributed by atoms with Crippen molar-refractivity contribution in [2.45, 2.75) is 32.1 Å². The van der Waals surface area contributed by atoms with E-state index < -0.39 is 5.97 Å². The Labute approximate surface area is 166 Å². The van der Waals surface area contributed by atoms with E-state index in [9.17, 15) is 9.59 Å². The Kier molecular flexibility index (Phi) is 5.71. The number of amides is 1. The molecular formula is C21H22N2O4S. The van der Waals surface area contributed by atoms with Gasteiger partial charge in [-0.2, -0.15) is 0 Å². The molecule has 1 aliphatic carbocycles. The first-order valence-electron chi connectivity index (χ1n) is 9.58. The van der Waals surface area contributed by atoms with Gasteiger partial charge in [-0.3, -0.25) is 4.79 Å². The van der Waals surface area contributed by atoms with Gasteiger partial charge in [-0.25, -0.2) is 9.78 Å². The van der Waals surface area contributed by atoms with Gasteiger partial charge in [0, 0.05) is 6.54 Å². The second kappa shape index (κ2) is 8.56. The standard InChI is InChI=1S/C21H22N2O4S/c24-19(22-12-14-6-2-1-3-7-14)13-26-21(25)17-11-10-16(27-17)20-23-15-8-4-5-9-18(15)28-20/h4-5,8-11,14H,1-3,6-7,12-13H2,(H,22,24). The van der Waals surface area contributed by atoms with E-state index in [2.05, 4.69) is 10.3 Å². The number of furan rings is 1. The van der Waals surface area contributed by atoms with Gasteiger partial charge < -0.3 is 14.5 Å². The summed E-state index contributed by atoms with van der Waals surface area (Å²) in [6.07, 6.45) is 6.04. The van der Waals surface area contributed by atoms with Gasteiger partial charge in [-0.15, -0.1) is 11.3 Å². The molecule has 1 aliphatic rings. The maximum Gasteiger partial charge on any atom is 0.374 e. The highest BCUT2D eigenvalue weighted by Crippen LogP contribution is 2.31. The van der Waals surface area contributed by atoms with Crippen LogP contribution in [0.3, 0.4) is 0 Å². The van der Waals surface area contributed by atoms with Crippen LogP contribution in [0.4, 0.5) is 0 Å². The minimum absolute atomic E-state index is 0.0642. The molecule has 0 atom stereocenters. The lowest BCUT2D eigenvalue weighted by molar-refractivity contribution is -0.124. The van der Waals surface area contributed by atoms with Crippen LogP contribution in [0, 0.1) is 5.92 Å². The van der Waals surface area contributed by atoms with Crippen LogP contribution >= 0.6 is 11.3 Å². The normalized spacial score (nSPS) is 14.9. The molecule has 2 aromatic heterocycles. The summed E-state index contributed by atoms with van der Waals surface area (Å²) in [5, 5.41) is 3.55. The Bertz CT molecular complexity index is 939. The molecule has 4 rings (SSSR count). The zero-order valence-corrected chi connectivity index (χ0v) is 16.3. The maximum absolute atomic E-state index is 12.2. The number of thiazole rings is 1. The van der Waals surface area contributed by atoms with Crippen LogP contribution in [-0.2, 0) is 9.53 Å². The van der Waals surface area contributed by atoms with Crippen molar-refractivity contribution in [1.29, 1.82) is 0 Å². The van der Waals surface area contributed by atoms with Crippen LogP contribution in [0.15, 0.2) is 40.8 Å². The summed E-state index contributed by atoms with van der Waals surface area (Å²) >= 11 is 1.49. The summed E-state index contributed by atoms with van der Waals surface area (Å²) in [6, 6.07) is 11.0. The van der Waals surface area contributed by atoms with Crippen LogP contribution in [0.1, 0.15) is 42.7 Å². The predicted octanol–water partition coefficient (Wildman–Crippen LogP) is 4.41. The molecule has 1 aromatic carbocycles. The lowest BCUT2D eigenvalue weighted by Crippen LogP contribution is -2.33. The van der Waals surface area contributed by atoms with Gasteiger partial charge >= 0.3 is 5.97 Å². The zero-order chi connectivity index (χ0) is 19.3. The molecule has 0 bridgehead atoms. The molecule has 1 amide bonds. The van der Waals surface area contributed by atoms with Crippen molar-refractivity contribution in [1.82, 2.24) is 10.3 Å². The summed E-state index contributed by atoms with van der Waals surface area (Å²) in [5.41, 5.74) is 0.887. The van der Waals surface area contributed by atoms with Gasteiger partial charge in [0.15, 0.2) is 17.4 Å². The smallest absolute Gasteiger partial charge is 0.374 e. The minimum atomic E-state index is -0.653. The van der Waals surface area contributed by atoms with E-state index in [0.29, 0.717) is 23.2 Å². The number of esters is 1. The van der Waals surface area contributed by atoms with Crippen molar-refractivity contribution in [3.8, 4) is 10.8 Å². The summed E-state index contributed by atoms with van der Waals surface area (Å²) in [4.78, 5) is 28.6. The van der Waals surface area contributed by atoms with E-state index in [0.717, 1.165) is 23.1 Å². The molecular weight excluding hydrogens is 376 g/mol. The lowest BCUT2D eigenvalue weighted by Gasteiger charge is -2.21. The average molecular weight is 398 g/mol. The fraction of sp³-hybridized carbons (Fsp3) is 0.381. The molecule has 0 saturated heterocycles. The van der Waals surface area contributed by atoms with E-state index >= 15 is 0 Å². The van der Waals surface area contributed by atoms with E-state index in [1.54, 1.807) is 12.1 Å². The highest BCUT2D eigenvalue weighted by Gasteiger charge is 2.18. The molecule has 0 radical (unpaired) electrons. The molecule has 3 aromatic rings. The molecule has 7 heteroatoms. The van der Waals surface area contributed by atoms with Crippen molar-refractivity contribution in [3.05, 3.63) is 42.2 Å². The molecule has 28 heavy (non-hydrogen) atoms. The van der Waals surface area contributed by atoms with Crippen molar-refractivity contribution in [2.24, 2.45) is 5.92 Å². The van der Waals surface area contributed by atoms with E-state index in [1.807, 2.05) is 24.3 Å². The molecule has 0 unspecified atom stereocenters. The van der Waals surface area contributed by atoms with Crippen molar-refractivity contribution >= 4 is 33.4 Å². The topological polar surface area (TPSA) is 81.4 Å². The molecule has 0 aliphatic heterocycles. The van der Waals surface area contributed by atoms with Crippen LogP contribution in [-0.4, -0.2) is 30.0 Å². The number of hydrogen-bond donors (Lipinski definition) is 1. The van der Waals surface area contributed by atoms with Gasteiger partial charge in [0.1, 0.15) is 0 Å².